The lowest BCUT2D eigenvalue weighted by molar-refractivity contribution is 0.0938. The van der Waals surface area contributed by atoms with Gasteiger partial charge in [-0.2, -0.15) is 0 Å². The van der Waals surface area contributed by atoms with E-state index in [0.717, 1.165) is 33.2 Å². The molecule has 1 atom stereocenters. The zero-order valence-corrected chi connectivity index (χ0v) is 15.3. The van der Waals surface area contributed by atoms with Crippen molar-refractivity contribution in [2.45, 2.75) is 19.0 Å². The van der Waals surface area contributed by atoms with Crippen molar-refractivity contribution in [3.05, 3.63) is 71.5 Å². The van der Waals surface area contributed by atoms with Gasteiger partial charge in [-0.25, -0.2) is 4.98 Å². The Balaban J connectivity index is 1.39. The monoisotopic (exact) mass is 371 g/mol. The number of para-hydroxylation sites is 1. The van der Waals surface area contributed by atoms with Crippen LogP contribution in [0.4, 0.5) is 5.82 Å². The second-order valence-electron chi connectivity index (χ2n) is 7.22. The summed E-state index contributed by atoms with van der Waals surface area (Å²) in [6, 6.07) is 13.8. The molecular formula is C22H21N5O. The van der Waals surface area contributed by atoms with Gasteiger partial charge in [0.15, 0.2) is 0 Å². The molecule has 2 aromatic carbocycles. The molecule has 0 aliphatic carbocycles. The topological polar surface area (TPSA) is 95.8 Å². The summed E-state index contributed by atoms with van der Waals surface area (Å²) in [7, 11) is 0. The number of carbonyl (C=O) groups excluding carboxylic acids is 1. The predicted octanol–water partition coefficient (Wildman–Crippen LogP) is 2.94. The van der Waals surface area contributed by atoms with Gasteiger partial charge in [0.1, 0.15) is 5.82 Å². The zero-order valence-electron chi connectivity index (χ0n) is 15.3. The maximum Gasteiger partial charge on any atom is 0.251 e. The van der Waals surface area contributed by atoms with Crippen LogP contribution in [-0.4, -0.2) is 28.5 Å². The highest BCUT2D eigenvalue weighted by Crippen LogP contribution is 2.32. The third-order valence-electron chi connectivity index (χ3n) is 5.41. The lowest BCUT2D eigenvalue weighted by Crippen LogP contribution is -2.41. The van der Waals surface area contributed by atoms with Gasteiger partial charge in [-0.1, -0.05) is 18.2 Å². The van der Waals surface area contributed by atoms with Crippen LogP contribution in [-0.2, 0) is 13.0 Å². The van der Waals surface area contributed by atoms with Gasteiger partial charge >= 0.3 is 0 Å². The molecule has 0 unspecified atom stereocenters. The first kappa shape index (κ1) is 16.8. The molecule has 0 spiro atoms. The van der Waals surface area contributed by atoms with E-state index in [-0.39, 0.29) is 11.9 Å². The van der Waals surface area contributed by atoms with Crippen LogP contribution in [0.15, 0.2) is 54.9 Å². The summed E-state index contributed by atoms with van der Waals surface area (Å²) in [4.78, 5) is 20.6. The number of nitrogens with zero attached hydrogens (tertiary/aromatic N) is 1. The number of benzene rings is 2. The van der Waals surface area contributed by atoms with Crippen molar-refractivity contribution in [2.75, 3.05) is 11.9 Å². The van der Waals surface area contributed by atoms with Crippen molar-refractivity contribution in [1.29, 1.82) is 0 Å². The summed E-state index contributed by atoms with van der Waals surface area (Å²) >= 11 is 0. The molecule has 2 aromatic heterocycles. The highest BCUT2D eigenvalue weighted by Gasteiger charge is 2.20. The van der Waals surface area contributed by atoms with E-state index in [4.69, 9.17) is 5.73 Å². The number of H-pyrrole nitrogens is 1. The summed E-state index contributed by atoms with van der Waals surface area (Å²) in [6.07, 6.45) is 4.44. The highest BCUT2D eigenvalue weighted by molar-refractivity contribution is 6.04. The van der Waals surface area contributed by atoms with Gasteiger partial charge in [-0.3, -0.25) is 4.79 Å². The first-order valence-corrected chi connectivity index (χ1v) is 9.44. The number of carbonyl (C=O) groups is 1. The fourth-order valence-corrected chi connectivity index (χ4v) is 4.02. The first-order valence-electron chi connectivity index (χ1n) is 9.44. The van der Waals surface area contributed by atoms with Gasteiger partial charge in [0.05, 0.1) is 0 Å². The third-order valence-corrected chi connectivity index (χ3v) is 5.41. The Morgan fingerprint density at radius 2 is 2.14 bits per heavy atom. The first-order chi connectivity index (χ1) is 13.7. The van der Waals surface area contributed by atoms with E-state index in [1.807, 2.05) is 42.6 Å². The average molecular weight is 371 g/mol. The van der Waals surface area contributed by atoms with Crippen LogP contribution in [0.5, 0.6) is 0 Å². The molecule has 0 saturated heterocycles. The molecule has 5 N–H and O–H groups in total. The molecule has 1 aliphatic heterocycles. The van der Waals surface area contributed by atoms with Crippen molar-refractivity contribution in [3.8, 4) is 0 Å². The maximum absolute atomic E-state index is 12.9. The lowest BCUT2D eigenvalue weighted by Gasteiger charge is -2.17. The van der Waals surface area contributed by atoms with E-state index in [1.165, 1.54) is 5.39 Å². The number of hydrogen-bond donors (Lipinski definition) is 4. The van der Waals surface area contributed by atoms with Gasteiger partial charge in [0.25, 0.3) is 5.91 Å². The Labute approximate surface area is 162 Å². The van der Waals surface area contributed by atoms with E-state index in [0.29, 0.717) is 25.1 Å². The van der Waals surface area contributed by atoms with Crippen LogP contribution in [0.25, 0.3) is 21.7 Å². The summed E-state index contributed by atoms with van der Waals surface area (Å²) in [5.74, 6) is 0.789. The second kappa shape index (κ2) is 6.65. The number of hydrogen-bond acceptors (Lipinski definition) is 4. The maximum atomic E-state index is 12.9. The molecule has 6 heteroatoms. The van der Waals surface area contributed by atoms with Crippen LogP contribution < -0.4 is 16.4 Å². The van der Waals surface area contributed by atoms with Gasteiger partial charge in [0.2, 0.25) is 0 Å². The molecule has 5 rings (SSSR count). The van der Waals surface area contributed by atoms with Gasteiger partial charge in [-0.15, -0.1) is 0 Å². The smallest absolute Gasteiger partial charge is 0.251 e. The number of aromatic nitrogens is 2. The fourth-order valence-electron chi connectivity index (χ4n) is 4.02. The van der Waals surface area contributed by atoms with E-state index >= 15 is 0 Å². The summed E-state index contributed by atoms with van der Waals surface area (Å²) in [5, 5.41) is 9.68. The van der Waals surface area contributed by atoms with Crippen molar-refractivity contribution in [2.24, 2.45) is 5.73 Å². The van der Waals surface area contributed by atoms with Crippen molar-refractivity contribution in [3.63, 3.8) is 0 Å². The van der Waals surface area contributed by atoms with Crippen LogP contribution in [0.1, 0.15) is 21.5 Å². The Kier molecular flexibility index (Phi) is 3.98. The van der Waals surface area contributed by atoms with E-state index in [9.17, 15) is 4.79 Å². The molecule has 140 valence electrons. The molecular weight excluding hydrogens is 350 g/mol. The van der Waals surface area contributed by atoms with Gasteiger partial charge in [0, 0.05) is 53.4 Å². The number of fused-ring (bicyclic) bond motifs is 1. The summed E-state index contributed by atoms with van der Waals surface area (Å²) in [5.41, 5.74) is 9.98. The summed E-state index contributed by atoms with van der Waals surface area (Å²) < 4.78 is 0. The highest BCUT2D eigenvalue weighted by atomic mass is 16.1. The molecule has 0 bridgehead atoms. The zero-order chi connectivity index (χ0) is 19.1. The normalized spacial score (nSPS) is 13.6. The predicted molar refractivity (Wildman–Crippen MR) is 111 cm³/mol. The van der Waals surface area contributed by atoms with Crippen molar-refractivity contribution < 1.29 is 4.79 Å². The molecule has 3 heterocycles. The lowest BCUT2D eigenvalue weighted by atomic mass is 10.0. The minimum absolute atomic E-state index is 0.0984. The van der Waals surface area contributed by atoms with Crippen molar-refractivity contribution >= 4 is 33.4 Å². The third kappa shape index (κ3) is 2.78. The quantitative estimate of drug-likeness (QED) is 0.434. The van der Waals surface area contributed by atoms with Gasteiger partial charge in [-0.05, 0) is 47.2 Å². The fraction of sp³-hybridized carbons (Fsp3) is 0.182. The van der Waals surface area contributed by atoms with Crippen LogP contribution in [0.3, 0.4) is 0 Å². The standard InChI is InChI=1S/C22H21N5O/c23-10-17(9-15-11-25-19-4-2-1-3-18(15)19)27-22(28)14-7-13-5-6-24-21-20(13)16(8-14)12-26-21/h1-8,11,17,25H,9-10,12,23H2,(H,24,26)(H,27,28)/t17-/m0/s1. The number of anilines is 1. The van der Waals surface area contributed by atoms with E-state index < -0.39 is 0 Å². The minimum Gasteiger partial charge on any atom is -0.365 e. The molecule has 4 aromatic rings. The van der Waals surface area contributed by atoms with Crippen LogP contribution in [0.2, 0.25) is 0 Å². The SMILES string of the molecule is NC[C@H](Cc1c[nH]c2ccccc12)NC(=O)c1cc2c3c(nccc3c1)NC2. The Bertz CT molecular complexity index is 1200. The van der Waals surface area contributed by atoms with Crippen LogP contribution in [0, 0.1) is 0 Å². The Hall–Kier alpha value is -3.38. The minimum atomic E-state index is -0.137. The van der Waals surface area contributed by atoms with E-state index in [2.05, 4.69) is 26.7 Å². The Morgan fingerprint density at radius 3 is 3.04 bits per heavy atom. The van der Waals surface area contributed by atoms with Crippen LogP contribution >= 0.6 is 0 Å². The molecule has 28 heavy (non-hydrogen) atoms. The number of rotatable bonds is 5. The van der Waals surface area contributed by atoms with Crippen molar-refractivity contribution in [1.82, 2.24) is 15.3 Å². The summed E-state index contributed by atoms with van der Waals surface area (Å²) in [6.45, 7) is 1.07. The molecule has 1 aliphatic rings. The molecule has 0 fully saturated rings. The number of pyridine rings is 1. The molecule has 1 amide bonds. The molecule has 0 saturated carbocycles. The molecule has 6 nitrogen and oxygen atoms in total. The molecule has 0 radical (unpaired) electrons. The van der Waals surface area contributed by atoms with E-state index in [1.54, 1.807) is 6.20 Å². The number of aromatic amines is 1. The van der Waals surface area contributed by atoms with Gasteiger partial charge < -0.3 is 21.4 Å². The largest absolute Gasteiger partial charge is 0.365 e. The average Bonchev–Trinajstić information content (AvgIpc) is 3.33. The number of nitrogens with one attached hydrogen (secondary N) is 3. The Morgan fingerprint density at radius 1 is 1.25 bits per heavy atom. The second-order valence-corrected chi connectivity index (χ2v) is 7.22. The number of nitrogens with two attached hydrogens (primary N) is 1. The number of amides is 1.